The van der Waals surface area contributed by atoms with Crippen LogP contribution in [0, 0.1) is 0 Å². The third-order valence-electron chi connectivity index (χ3n) is 4.24. The Labute approximate surface area is 152 Å². The van der Waals surface area contributed by atoms with Crippen LogP contribution in [0.4, 0.5) is 5.82 Å². The highest BCUT2D eigenvalue weighted by Gasteiger charge is 2.19. The highest BCUT2D eigenvalue weighted by molar-refractivity contribution is 5.99. The van der Waals surface area contributed by atoms with Crippen LogP contribution in [-0.2, 0) is 11.3 Å². The Balaban J connectivity index is 1.66. The van der Waals surface area contributed by atoms with E-state index in [-0.39, 0.29) is 11.8 Å². The number of hydrogen-bond donors (Lipinski definition) is 2. The van der Waals surface area contributed by atoms with Crippen molar-refractivity contribution in [2.75, 3.05) is 38.3 Å². The van der Waals surface area contributed by atoms with Crippen molar-refractivity contribution < 1.29 is 14.3 Å². The van der Waals surface area contributed by atoms with E-state index in [1.807, 2.05) is 12.1 Å². The van der Waals surface area contributed by atoms with E-state index in [1.54, 1.807) is 37.5 Å². The lowest BCUT2D eigenvalue weighted by Crippen LogP contribution is -2.38. The van der Waals surface area contributed by atoms with Crippen LogP contribution in [0.5, 0.6) is 0 Å². The monoisotopic (exact) mass is 354 g/mol. The van der Waals surface area contributed by atoms with Gasteiger partial charge in [-0.2, -0.15) is 0 Å². The number of ether oxygens (including phenoxy) is 1. The molecule has 2 amide bonds. The zero-order valence-corrected chi connectivity index (χ0v) is 14.7. The summed E-state index contributed by atoms with van der Waals surface area (Å²) in [4.78, 5) is 30.6. The average molecular weight is 354 g/mol. The van der Waals surface area contributed by atoms with Crippen molar-refractivity contribution in [3.63, 3.8) is 0 Å². The molecule has 0 aliphatic carbocycles. The molecule has 0 atom stereocenters. The Morgan fingerprint density at radius 1 is 1.12 bits per heavy atom. The second kappa shape index (κ2) is 8.44. The maximum absolute atomic E-state index is 12.6. The number of hydrogen-bond acceptors (Lipinski definition) is 5. The molecule has 136 valence electrons. The summed E-state index contributed by atoms with van der Waals surface area (Å²) in [5.41, 5.74) is 2.06. The van der Waals surface area contributed by atoms with Gasteiger partial charge in [-0.1, -0.05) is 12.1 Å². The zero-order chi connectivity index (χ0) is 18.4. The van der Waals surface area contributed by atoms with Crippen LogP contribution >= 0.6 is 0 Å². The molecule has 1 aromatic carbocycles. The molecule has 0 unspecified atom stereocenters. The lowest BCUT2D eigenvalue weighted by molar-refractivity contribution is 0.0944. The summed E-state index contributed by atoms with van der Waals surface area (Å²) in [6.45, 7) is 3.09. The minimum atomic E-state index is -0.171. The Morgan fingerprint density at radius 2 is 1.85 bits per heavy atom. The van der Waals surface area contributed by atoms with E-state index in [1.165, 1.54) is 0 Å². The van der Waals surface area contributed by atoms with E-state index in [9.17, 15) is 9.59 Å². The van der Waals surface area contributed by atoms with Gasteiger partial charge in [-0.05, 0) is 29.8 Å². The Morgan fingerprint density at radius 3 is 2.54 bits per heavy atom. The second-order valence-corrected chi connectivity index (χ2v) is 5.93. The molecule has 7 nitrogen and oxygen atoms in total. The fourth-order valence-corrected chi connectivity index (χ4v) is 2.80. The van der Waals surface area contributed by atoms with Gasteiger partial charge in [0.15, 0.2) is 0 Å². The summed E-state index contributed by atoms with van der Waals surface area (Å²) in [6, 6.07) is 10.7. The molecule has 2 aromatic rings. The van der Waals surface area contributed by atoms with E-state index in [2.05, 4.69) is 20.5 Å². The van der Waals surface area contributed by atoms with E-state index in [0.717, 1.165) is 18.7 Å². The summed E-state index contributed by atoms with van der Waals surface area (Å²) in [5.74, 6) is 0.379. The second-order valence-electron chi connectivity index (χ2n) is 5.93. The first kappa shape index (κ1) is 17.9. The van der Waals surface area contributed by atoms with E-state index < -0.39 is 0 Å². The quantitative estimate of drug-likeness (QED) is 0.843. The highest BCUT2D eigenvalue weighted by atomic mass is 16.5. The molecule has 1 aromatic heterocycles. The first-order chi connectivity index (χ1) is 12.7. The molecule has 7 heteroatoms. The molecule has 0 saturated carbocycles. The average Bonchev–Trinajstić information content (AvgIpc) is 2.72. The molecule has 1 fully saturated rings. The smallest absolute Gasteiger partial charge is 0.255 e. The maximum Gasteiger partial charge on any atom is 0.255 e. The van der Waals surface area contributed by atoms with Crippen molar-refractivity contribution in [2.45, 2.75) is 6.54 Å². The fraction of sp³-hybridized carbons (Fsp3) is 0.316. The summed E-state index contributed by atoms with van der Waals surface area (Å²) < 4.78 is 5.36. The van der Waals surface area contributed by atoms with Crippen LogP contribution in [0.1, 0.15) is 26.3 Å². The third kappa shape index (κ3) is 4.18. The Hall–Kier alpha value is -2.93. The number of nitrogens with one attached hydrogen (secondary N) is 2. The van der Waals surface area contributed by atoms with Crippen molar-refractivity contribution in [2.24, 2.45) is 0 Å². The first-order valence-electron chi connectivity index (χ1n) is 8.56. The topological polar surface area (TPSA) is 83.6 Å². The van der Waals surface area contributed by atoms with Crippen LogP contribution in [0.3, 0.4) is 0 Å². The maximum atomic E-state index is 12.6. The fourth-order valence-electron chi connectivity index (χ4n) is 2.80. The number of anilines is 1. The Bertz CT molecular complexity index is 771. The molecule has 26 heavy (non-hydrogen) atoms. The van der Waals surface area contributed by atoms with Crippen molar-refractivity contribution in [3.05, 3.63) is 59.3 Å². The van der Waals surface area contributed by atoms with Gasteiger partial charge in [0.25, 0.3) is 11.8 Å². The van der Waals surface area contributed by atoms with Gasteiger partial charge in [-0.25, -0.2) is 4.98 Å². The van der Waals surface area contributed by atoms with Crippen LogP contribution in [0.15, 0.2) is 42.6 Å². The van der Waals surface area contributed by atoms with Crippen LogP contribution in [-0.4, -0.2) is 50.1 Å². The molecule has 0 spiro atoms. The normalized spacial score (nSPS) is 14.0. The minimum absolute atomic E-state index is 0.133. The van der Waals surface area contributed by atoms with E-state index in [0.29, 0.717) is 36.7 Å². The van der Waals surface area contributed by atoms with Crippen molar-refractivity contribution in [1.82, 2.24) is 15.6 Å². The zero-order valence-electron chi connectivity index (χ0n) is 14.7. The summed E-state index contributed by atoms with van der Waals surface area (Å²) in [6.07, 6.45) is 1.69. The lowest BCUT2D eigenvalue weighted by Gasteiger charge is -2.29. The largest absolute Gasteiger partial charge is 0.378 e. The van der Waals surface area contributed by atoms with Gasteiger partial charge in [-0.3, -0.25) is 9.59 Å². The van der Waals surface area contributed by atoms with Crippen molar-refractivity contribution >= 4 is 17.6 Å². The molecule has 0 radical (unpaired) electrons. The highest BCUT2D eigenvalue weighted by Crippen LogP contribution is 2.18. The van der Waals surface area contributed by atoms with Gasteiger partial charge in [0, 0.05) is 38.4 Å². The lowest BCUT2D eigenvalue weighted by atomic mass is 10.1. The van der Waals surface area contributed by atoms with E-state index >= 15 is 0 Å². The number of benzene rings is 1. The minimum Gasteiger partial charge on any atom is -0.378 e. The van der Waals surface area contributed by atoms with Crippen molar-refractivity contribution in [1.29, 1.82) is 0 Å². The number of carbonyl (C=O) groups is 2. The van der Waals surface area contributed by atoms with Crippen LogP contribution in [0.25, 0.3) is 0 Å². The molecule has 2 N–H and O–H groups in total. The van der Waals surface area contributed by atoms with Gasteiger partial charge in [0.1, 0.15) is 5.82 Å². The van der Waals surface area contributed by atoms with E-state index in [4.69, 9.17) is 4.74 Å². The number of nitrogens with zero attached hydrogens (tertiary/aromatic N) is 2. The molecular weight excluding hydrogens is 332 g/mol. The summed E-state index contributed by atoms with van der Waals surface area (Å²) in [7, 11) is 1.59. The number of rotatable bonds is 5. The van der Waals surface area contributed by atoms with Gasteiger partial charge >= 0.3 is 0 Å². The number of carbonyl (C=O) groups excluding carboxylic acids is 2. The molecule has 1 aliphatic heterocycles. The Kier molecular flexibility index (Phi) is 5.80. The first-order valence-corrected chi connectivity index (χ1v) is 8.56. The molecular formula is C19H22N4O3. The molecule has 3 rings (SSSR count). The predicted octanol–water partition coefficient (Wildman–Crippen LogP) is 1.21. The van der Waals surface area contributed by atoms with Crippen LogP contribution < -0.4 is 15.5 Å². The van der Waals surface area contributed by atoms with Gasteiger partial charge < -0.3 is 20.3 Å². The molecule has 2 heterocycles. The summed E-state index contributed by atoms with van der Waals surface area (Å²) >= 11 is 0. The standard InChI is InChI=1S/C19H22N4O3/c1-20-18(24)15-6-4-14(5-7-15)13-22-19(25)16-3-2-8-21-17(16)23-9-11-26-12-10-23/h2-8H,9-13H2,1H3,(H,20,24)(H,22,25). The molecule has 1 saturated heterocycles. The number of aromatic nitrogens is 1. The number of amides is 2. The third-order valence-corrected chi connectivity index (χ3v) is 4.24. The van der Waals surface area contributed by atoms with Gasteiger partial charge in [-0.15, -0.1) is 0 Å². The predicted molar refractivity (Wildman–Crippen MR) is 98.3 cm³/mol. The van der Waals surface area contributed by atoms with Gasteiger partial charge in [0.2, 0.25) is 0 Å². The number of pyridine rings is 1. The van der Waals surface area contributed by atoms with Crippen LogP contribution in [0.2, 0.25) is 0 Å². The summed E-state index contributed by atoms with van der Waals surface area (Å²) in [5, 5.41) is 5.50. The molecule has 0 bridgehead atoms. The number of morpholine rings is 1. The molecule has 1 aliphatic rings. The van der Waals surface area contributed by atoms with Gasteiger partial charge in [0.05, 0.1) is 18.8 Å². The van der Waals surface area contributed by atoms with Crippen molar-refractivity contribution in [3.8, 4) is 0 Å². The SMILES string of the molecule is CNC(=O)c1ccc(CNC(=O)c2cccnc2N2CCOCC2)cc1.